The number of thioether (sulfide) groups is 1. The average molecular weight is 289 g/mol. The number of sulfone groups is 1. The van der Waals surface area contributed by atoms with Gasteiger partial charge in [-0.2, -0.15) is 11.8 Å². The van der Waals surface area contributed by atoms with E-state index in [1.165, 1.54) is 18.0 Å². The third-order valence-electron chi connectivity index (χ3n) is 2.10. The Hall–Kier alpha value is -1.28. The van der Waals surface area contributed by atoms with Crippen molar-refractivity contribution < 1.29 is 13.6 Å². The lowest BCUT2D eigenvalue weighted by molar-refractivity contribution is 0.318. The summed E-state index contributed by atoms with van der Waals surface area (Å²) in [5.41, 5.74) is 6.74. The number of hydrogen-bond acceptors (Lipinski definition) is 6. The van der Waals surface area contributed by atoms with Crippen molar-refractivity contribution in [2.45, 2.75) is 5.75 Å². The topological polar surface area (TPSA) is 106 Å². The van der Waals surface area contributed by atoms with Gasteiger partial charge in [0.1, 0.15) is 15.5 Å². The van der Waals surface area contributed by atoms with Crippen molar-refractivity contribution in [1.29, 1.82) is 0 Å². The Morgan fingerprint density at radius 3 is 2.94 bits per heavy atom. The van der Waals surface area contributed by atoms with Crippen molar-refractivity contribution in [3.8, 4) is 0 Å². The van der Waals surface area contributed by atoms with Crippen LogP contribution in [0.3, 0.4) is 0 Å². The van der Waals surface area contributed by atoms with E-state index in [9.17, 15) is 8.42 Å². The van der Waals surface area contributed by atoms with E-state index in [1.54, 1.807) is 12.3 Å². The number of pyridine rings is 1. The molecule has 3 N–H and O–H groups in total. The molecule has 1 aromatic rings. The van der Waals surface area contributed by atoms with Crippen LogP contribution in [0.15, 0.2) is 23.5 Å². The molecule has 0 aliphatic heterocycles. The smallest absolute Gasteiger partial charge is 0.189 e. The van der Waals surface area contributed by atoms with Crippen LogP contribution in [0.2, 0.25) is 0 Å². The van der Waals surface area contributed by atoms with Gasteiger partial charge in [-0.3, -0.25) is 4.98 Å². The van der Waals surface area contributed by atoms with Crippen LogP contribution in [0, 0.1) is 0 Å². The zero-order valence-electron chi connectivity index (χ0n) is 9.91. The molecule has 0 bridgehead atoms. The maximum Gasteiger partial charge on any atom is 0.189 e. The van der Waals surface area contributed by atoms with Gasteiger partial charge in [-0.25, -0.2) is 8.42 Å². The van der Waals surface area contributed by atoms with Gasteiger partial charge in [0, 0.05) is 24.0 Å². The van der Waals surface area contributed by atoms with Crippen LogP contribution in [0.25, 0.3) is 0 Å². The monoisotopic (exact) mass is 289 g/mol. The largest absolute Gasteiger partial charge is 0.409 e. The summed E-state index contributed by atoms with van der Waals surface area (Å²) in [6.45, 7) is 0. The molecule has 0 aliphatic rings. The molecule has 0 saturated carbocycles. The van der Waals surface area contributed by atoms with Crippen molar-refractivity contribution in [3.05, 3.63) is 29.6 Å². The average Bonchev–Trinajstić information content (AvgIpc) is 2.33. The zero-order valence-corrected chi connectivity index (χ0v) is 11.5. The molecule has 0 aromatic carbocycles. The molecule has 0 radical (unpaired) electrons. The van der Waals surface area contributed by atoms with Crippen LogP contribution < -0.4 is 5.73 Å². The first-order chi connectivity index (χ1) is 8.44. The SMILES string of the molecule is CS(=O)(=O)CCSCc1cccnc1C(N)=NO. The number of rotatable bonds is 6. The van der Waals surface area contributed by atoms with Crippen molar-refractivity contribution in [3.63, 3.8) is 0 Å². The molecule has 0 saturated heterocycles. The molecule has 6 nitrogen and oxygen atoms in total. The van der Waals surface area contributed by atoms with Crippen LogP contribution in [-0.2, 0) is 15.6 Å². The maximum atomic E-state index is 11.0. The van der Waals surface area contributed by atoms with E-state index in [-0.39, 0.29) is 11.6 Å². The first-order valence-corrected chi connectivity index (χ1v) is 8.33. The fraction of sp³-hybridized carbons (Fsp3) is 0.400. The van der Waals surface area contributed by atoms with Gasteiger partial charge in [0.15, 0.2) is 5.84 Å². The lowest BCUT2D eigenvalue weighted by Crippen LogP contribution is -2.17. The lowest BCUT2D eigenvalue weighted by Gasteiger charge is -2.06. The molecule has 0 amide bonds. The third-order valence-corrected chi connectivity index (χ3v) is 4.31. The Morgan fingerprint density at radius 2 is 2.33 bits per heavy atom. The molecule has 0 fully saturated rings. The molecule has 0 aliphatic carbocycles. The second kappa shape index (κ2) is 6.60. The van der Waals surface area contributed by atoms with Gasteiger partial charge >= 0.3 is 0 Å². The number of aromatic nitrogens is 1. The maximum absolute atomic E-state index is 11.0. The van der Waals surface area contributed by atoms with Gasteiger partial charge in [-0.05, 0) is 11.6 Å². The predicted octanol–water partition coefficient (Wildman–Crippen LogP) is 0.454. The summed E-state index contributed by atoms with van der Waals surface area (Å²) in [6.07, 6.45) is 2.76. The minimum Gasteiger partial charge on any atom is -0.409 e. The van der Waals surface area contributed by atoms with Crippen molar-refractivity contribution in [1.82, 2.24) is 4.98 Å². The fourth-order valence-electron chi connectivity index (χ4n) is 1.23. The van der Waals surface area contributed by atoms with Crippen LogP contribution in [0.1, 0.15) is 11.3 Å². The highest BCUT2D eigenvalue weighted by Gasteiger charge is 2.08. The number of nitrogens with two attached hydrogens (primary N) is 1. The van der Waals surface area contributed by atoms with Crippen molar-refractivity contribution >= 4 is 27.4 Å². The highest BCUT2D eigenvalue weighted by atomic mass is 32.2. The van der Waals surface area contributed by atoms with E-state index in [4.69, 9.17) is 10.9 Å². The van der Waals surface area contributed by atoms with Crippen LogP contribution >= 0.6 is 11.8 Å². The second-order valence-electron chi connectivity index (χ2n) is 3.68. The van der Waals surface area contributed by atoms with Crippen LogP contribution in [0.5, 0.6) is 0 Å². The summed E-state index contributed by atoms with van der Waals surface area (Å²) in [4.78, 5) is 4.03. The Balaban J connectivity index is 2.63. The summed E-state index contributed by atoms with van der Waals surface area (Å²) in [6, 6.07) is 3.56. The molecule has 100 valence electrons. The second-order valence-corrected chi connectivity index (χ2v) is 7.04. The molecule has 1 aromatic heterocycles. The first kappa shape index (κ1) is 14.8. The summed E-state index contributed by atoms with van der Waals surface area (Å²) in [5, 5.41) is 11.5. The Labute approximate surface area is 110 Å². The first-order valence-electron chi connectivity index (χ1n) is 5.11. The zero-order chi connectivity index (χ0) is 13.6. The normalized spacial score (nSPS) is 12.6. The van der Waals surface area contributed by atoms with Gasteiger partial charge in [0.05, 0.1) is 5.75 Å². The summed E-state index contributed by atoms with van der Waals surface area (Å²) in [7, 11) is -2.93. The van der Waals surface area contributed by atoms with Crippen molar-refractivity contribution in [2.75, 3.05) is 17.8 Å². The molecule has 0 unspecified atom stereocenters. The van der Waals surface area contributed by atoms with Gasteiger partial charge in [0.2, 0.25) is 0 Å². The van der Waals surface area contributed by atoms with Crippen LogP contribution in [0.4, 0.5) is 0 Å². The minimum absolute atomic E-state index is 0.0469. The Kier molecular flexibility index (Phi) is 5.42. The minimum atomic E-state index is -2.93. The molecule has 18 heavy (non-hydrogen) atoms. The molecule has 0 atom stereocenters. The van der Waals surface area contributed by atoms with E-state index < -0.39 is 9.84 Å². The lowest BCUT2D eigenvalue weighted by atomic mass is 10.2. The molecular formula is C10H15N3O3S2. The fourth-order valence-corrected chi connectivity index (χ4v) is 3.51. The number of oxime groups is 1. The molecule has 0 spiro atoms. The Morgan fingerprint density at radius 1 is 1.61 bits per heavy atom. The van der Waals surface area contributed by atoms with Gasteiger partial charge in [-0.1, -0.05) is 11.2 Å². The van der Waals surface area contributed by atoms with E-state index in [0.717, 1.165) is 5.56 Å². The molecule has 8 heteroatoms. The van der Waals surface area contributed by atoms with Gasteiger partial charge in [0.25, 0.3) is 0 Å². The van der Waals surface area contributed by atoms with Crippen LogP contribution in [-0.4, -0.2) is 42.2 Å². The Bertz CT molecular complexity index is 529. The number of hydrogen-bond donors (Lipinski definition) is 2. The standard InChI is InChI=1S/C10H15N3O3S2/c1-18(15,16)6-5-17-7-8-3-2-4-12-9(8)10(11)13-14/h2-4,14H,5-7H2,1H3,(H2,11,13). The summed E-state index contributed by atoms with van der Waals surface area (Å²) in [5.74, 6) is 1.16. The van der Waals surface area contributed by atoms with Gasteiger partial charge in [-0.15, -0.1) is 0 Å². The summed E-state index contributed by atoms with van der Waals surface area (Å²) < 4.78 is 21.9. The van der Waals surface area contributed by atoms with E-state index in [2.05, 4.69) is 10.1 Å². The van der Waals surface area contributed by atoms with E-state index in [1.807, 2.05) is 6.07 Å². The quantitative estimate of drug-likeness (QED) is 0.259. The highest BCUT2D eigenvalue weighted by molar-refractivity contribution is 7.99. The van der Waals surface area contributed by atoms with Gasteiger partial charge < -0.3 is 10.9 Å². The van der Waals surface area contributed by atoms with E-state index in [0.29, 0.717) is 17.2 Å². The molecule has 1 heterocycles. The highest BCUT2D eigenvalue weighted by Crippen LogP contribution is 2.15. The predicted molar refractivity (Wildman–Crippen MR) is 72.6 cm³/mol. The van der Waals surface area contributed by atoms with E-state index >= 15 is 0 Å². The summed E-state index contributed by atoms with van der Waals surface area (Å²) >= 11 is 1.46. The number of amidine groups is 1. The number of nitrogens with zero attached hydrogens (tertiary/aromatic N) is 2. The molecular weight excluding hydrogens is 274 g/mol. The van der Waals surface area contributed by atoms with Crippen molar-refractivity contribution in [2.24, 2.45) is 10.9 Å². The molecule has 1 rings (SSSR count). The third kappa shape index (κ3) is 4.92.